The Morgan fingerprint density at radius 2 is 2.11 bits per heavy atom. The third kappa shape index (κ3) is 4.36. The molecule has 0 aliphatic heterocycles. The smallest absolute Gasteiger partial charge is 0.0701 e. The quantitative estimate of drug-likeness (QED) is 0.724. The van der Waals surface area contributed by atoms with Gasteiger partial charge in [0.1, 0.15) is 0 Å². The highest BCUT2D eigenvalue weighted by atomic mass is 79.9. The maximum absolute atomic E-state index is 3.74. The van der Waals surface area contributed by atoms with Gasteiger partial charge >= 0.3 is 0 Å². The summed E-state index contributed by atoms with van der Waals surface area (Å²) in [5.74, 6) is 0.939. The van der Waals surface area contributed by atoms with E-state index in [4.69, 9.17) is 0 Å². The van der Waals surface area contributed by atoms with E-state index in [9.17, 15) is 0 Å². The van der Waals surface area contributed by atoms with Crippen molar-refractivity contribution in [2.24, 2.45) is 5.92 Å². The maximum atomic E-state index is 3.74. The van der Waals surface area contributed by atoms with Crippen molar-refractivity contribution in [1.82, 2.24) is 5.32 Å². The molecule has 0 saturated heterocycles. The zero-order chi connectivity index (χ0) is 12.8. The van der Waals surface area contributed by atoms with Crippen molar-refractivity contribution in [3.63, 3.8) is 0 Å². The minimum Gasteiger partial charge on any atom is -0.309 e. The molecule has 0 spiro atoms. The van der Waals surface area contributed by atoms with Gasteiger partial charge in [0.05, 0.1) is 3.79 Å². The van der Waals surface area contributed by atoms with Gasteiger partial charge in [0.15, 0.2) is 0 Å². The van der Waals surface area contributed by atoms with Gasteiger partial charge in [-0.25, -0.2) is 0 Å². The van der Waals surface area contributed by atoms with Crippen LogP contribution in [0.15, 0.2) is 15.9 Å². The van der Waals surface area contributed by atoms with Crippen LogP contribution in [0.5, 0.6) is 0 Å². The first-order chi connectivity index (χ1) is 8.79. The summed E-state index contributed by atoms with van der Waals surface area (Å²) in [4.78, 5) is 1.50. The molecule has 1 aromatic heterocycles. The Bertz CT molecular complexity index is 344. The predicted molar refractivity (Wildman–Crippen MR) is 84.2 cm³/mol. The molecule has 1 N–H and O–H groups in total. The number of halogens is 1. The van der Waals surface area contributed by atoms with Crippen LogP contribution in [0, 0.1) is 5.92 Å². The summed E-state index contributed by atoms with van der Waals surface area (Å²) in [7, 11) is 0. The van der Waals surface area contributed by atoms with Crippen molar-refractivity contribution >= 4 is 27.3 Å². The lowest BCUT2D eigenvalue weighted by Crippen LogP contribution is -2.24. The highest BCUT2D eigenvalue weighted by Gasteiger charge is 2.20. The lowest BCUT2D eigenvalue weighted by Gasteiger charge is -2.26. The van der Waals surface area contributed by atoms with Crippen LogP contribution in [0.4, 0.5) is 0 Å². The number of rotatable bonds is 6. The Labute approximate surface area is 123 Å². The van der Waals surface area contributed by atoms with Crippen LogP contribution in [-0.4, -0.2) is 6.54 Å². The molecule has 1 unspecified atom stereocenters. The average Bonchev–Trinajstić information content (AvgIpc) is 2.82. The zero-order valence-electron chi connectivity index (χ0n) is 11.3. The molecule has 3 heteroatoms. The van der Waals surface area contributed by atoms with E-state index < -0.39 is 0 Å². The standard InChI is InChI=1S/C15H24BrNS/c1-2-10-17-13(14-8-9-15(16)18-14)11-12-6-4-3-5-7-12/h8-9,12-13,17H,2-7,10-11H2,1H3. The summed E-state index contributed by atoms with van der Waals surface area (Å²) < 4.78 is 1.25. The van der Waals surface area contributed by atoms with Gasteiger partial charge in [-0.05, 0) is 53.4 Å². The molecule has 18 heavy (non-hydrogen) atoms. The van der Waals surface area contributed by atoms with E-state index in [0.717, 1.165) is 12.5 Å². The molecule has 1 saturated carbocycles. The molecule has 1 atom stereocenters. The summed E-state index contributed by atoms with van der Waals surface area (Å²) in [5, 5.41) is 3.74. The fraction of sp³-hybridized carbons (Fsp3) is 0.733. The van der Waals surface area contributed by atoms with E-state index in [0.29, 0.717) is 6.04 Å². The first kappa shape index (κ1) is 14.5. The van der Waals surface area contributed by atoms with E-state index in [-0.39, 0.29) is 0 Å². The van der Waals surface area contributed by atoms with Gasteiger partial charge in [-0.1, -0.05) is 39.0 Å². The largest absolute Gasteiger partial charge is 0.309 e. The summed E-state index contributed by atoms with van der Waals surface area (Å²) in [5.41, 5.74) is 0. The molecule has 1 aliphatic rings. The van der Waals surface area contributed by atoms with Crippen LogP contribution in [0.25, 0.3) is 0 Å². The third-order valence-electron chi connectivity index (χ3n) is 3.87. The van der Waals surface area contributed by atoms with Crippen LogP contribution in [0.1, 0.15) is 62.8 Å². The lowest BCUT2D eigenvalue weighted by atomic mass is 9.84. The van der Waals surface area contributed by atoms with Crippen molar-refractivity contribution in [3.8, 4) is 0 Å². The van der Waals surface area contributed by atoms with E-state index in [1.165, 1.54) is 53.6 Å². The minimum atomic E-state index is 0.573. The molecule has 1 nitrogen and oxygen atoms in total. The monoisotopic (exact) mass is 329 g/mol. The molecule has 1 aliphatic carbocycles. The van der Waals surface area contributed by atoms with Crippen LogP contribution < -0.4 is 5.32 Å². The Balaban J connectivity index is 1.95. The van der Waals surface area contributed by atoms with Gasteiger partial charge in [-0.15, -0.1) is 11.3 Å². The first-order valence-corrected chi connectivity index (χ1v) is 8.89. The van der Waals surface area contributed by atoms with Crippen LogP contribution >= 0.6 is 27.3 Å². The molecule has 0 radical (unpaired) electrons. The molecule has 1 fully saturated rings. The summed E-state index contributed by atoms with van der Waals surface area (Å²) in [6.07, 6.45) is 9.76. The summed E-state index contributed by atoms with van der Waals surface area (Å²) >= 11 is 5.47. The van der Waals surface area contributed by atoms with Crippen LogP contribution in [-0.2, 0) is 0 Å². The second-order valence-electron chi connectivity index (χ2n) is 5.39. The van der Waals surface area contributed by atoms with Crippen molar-refractivity contribution in [2.45, 2.75) is 57.9 Å². The van der Waals surface area contributed by atoms with E-state index >= 15 is 0 Å². The fourth-order valence-corrected chi connectivity index (χ4v) is 4.40. The molecular formula is C15H24BrNS. The van der Waals surface area contributed by atoms with Gasteiger partial charge in [0, 0.05) is 10.9 Å². The van der Waals surface area contributed by atoms with Crippen molar-refractivity contribution in [1.29, 1.82) is 0 Å². The Kier molecular flexibility index (Phi) is 6.19. The Hall–Kier alpha value is 0.140. The number of nitrogens with one attached hydrogen (secondary N) is 1. The Morgan fingerprint density at radius 3 is 2.72 bits per heavy atom. The molecule has 0 bridgehead atoms. The minimum absolute atomic E-state index is 0.573. The van der Waals surface area contributed by atoms with Gasteiger partial charge < -0.3 is 5.32 Å². The zero-order valence-corrected chi connectivity index (χ0v) is 13.7. The second-order valence-corrected chi connectivity index (χ2v) is 7.88. The van der Waals surface area contributed by atoms with E-state index in [1.54, 1.807) is 0 Å². The lowest BCUT2D eigenvalue weighted by molar-refractivity contribution is 0.301. The van der Waals surface area contributed by atoms with Gasteiger partial charge in [-0.2, -0.15) is 0 Å². The van der Waals surface area contributed by atoms with Crippen molar-refractivity contribution in [3.05, 3.63) is 20.8 Å². The van der Waals surface area contributed by atoms with Crippen LogP contribution in [0.2, 0.25) is 0 Å². The number of thiophene rings is 1. The highest BCUT2D eigenvalue weighted by Crippen LogP contribution is 2.35. The molecule has 102 valence electrons. The highest BCUT2D eigenvalue weighted by molar-refractivity contribution is 9.11. The van der Waals surface area contributed by atoms with Gasteiger partial charge in [0.25, 0.3) is 0 Å². The first-order valence-electron chi connectivity index (χ1n) is 7.28. The molecule has 1 aromatic rings. The van der Waals surface area contributed by atoms with E-state index in [1.807, 2.05) is 11.3 Å². The summed E-state index contributed by atoms with van der Waals surface area (Å²) in [6, 6.07) is 5.04. The maximum Gasteiger partial charge on any atom is 0.0701 e. The average molecular weight is 330 g/mol. The topological polar surface area (TPSA) is 12.0 Å². The second kappa shape index (κ2) is 7.66. The number of hydrogen-bond donors (Lipinski definition) is 1. The van der Waals surface area contributed by atoms with Crippen molar-refractivity contribution < 1.29 is 0 Å². The van der Waals surface area contributed by atoms with E-state index in [2.05, 4.69) is 40.3 Å². The van der Waals surface area contributed by atoms with Gasteiger partial charge in [-0.3, -0.25) is 0 Å². The molecule has 2 rings (SSSR count). The molecule has 1 heterocycles. The predicted octanol–water partition coefficient (Wildman–Crippen LogP) is 5.52. The molecule has 0 amide bonds. The number of hydrogen-bond acceptors (Lipinski definition) is 2. The summed E-state index contributed by atoms with van der Waals surface area (Å²) in [6.45, 7) is 3.38. The molecule has 0 aromatic carbocycles. The third-order valence-corrected chi connectivity index (χ3v) is 5.61. The SMILES string of the molecule is CCCNC(CC1CCCCC1)c1ccc(Br)s1. The fourth-order valence-electron chi connectivity index (χ4n) is 2.89. The van der Waals surface area contributed by atoms with Crippen LogP contribution in [0.3, 0.4) is 0 Å². The molecular weight excluding hydrogens is 306 g/mol. The van der Waals surface area contributed by atoms with Gasteiger partial charge in [0.2, 0.25) is 0 Å². The normalized spacial score (nSPS) is 19.0. The van der Waals surface area contributed by atoms with Crippen molar-refractivity contribution in [2.75, 3.05) is 6.54 Å². The Morgan fingerprint density at radius 1 is 1.33 bits per heavy atom.